The number of aryl methyl sites for hydroxylation is 1. The van der Waals surface area contributed by atoms with Crippen molar-refractivity contribution in [2.45, 2.75) is 12.8 Å². The summed E-state index contributed by atoms with van der Waals surface area (Å²) in [5.41, 5.74) is 0.821. The van der Waals surface area contributed by atoms with Gasteiger partial charge < -0.3 is 18.9 Å². The molecule has 3 aromatic rings. The first-order valence-electron chi connectivity index (χ1n) is 8.90. The second-order valence-corrected chi connectivity index (χ2v) is 6.06. The Morgan fingerprint density at radius 2 is 1.89 bits per heavy atom. The van der Waals surface area contributed by atoms with Crippen LogP contribution in [0.2, 0.25) is 0 Å². The fraction of sp³-hybridized carbons (Fsp3) is 0.300. The van der Waals surface area contributed by atoms with E-state index in [1.807, 2.05) is 24.3 Å². The molecular formula is C20H22N4O4. The molecule has 0 aliphatic carbocycles. The lowest BCUT2D eigenvalue weighted by atomic mass is 10.2. The van der Waals surface area contributed by atoms with Gasteiger partial charge in [0, 0.05) is 37.8 Å². The molecule has 8 nitrogen and oxygen atoms in total. The molecule has 146 valence electrons. The molecule has 0 N–H and O–H groups in total. The predicted molar refractivity (Wildman–Crippen MR) is 102 cm³/mol. The van der Waals surface area contributed by atoms with E-state index >= 15 is 0 Å². The molecule has 2 aromatic heterocycles. The summed E-state index contributed by atoms with van der Waals surface area (Å²) in [4.78, 5) is 22.2. The quantitative estimate of drug-likeness (QED) is 0.562. The maximum absolute atomic E-state index is 12.3. The lowest BCUT2D eigenvalue weighted by Gasteiger charge is -2.17. The number of ether oxygens (including phenoxy) is 2. The van der Waals surface area contributed by atoms with Crippen LogP contribution in [0.4, 0.5) is 0 Å². The highest BCUT2D eigenvalue weighted by atomic mass is 16.5. The third kappa shape index (κ3) is 5.06. The Hall–Kier alpha value is -3.42. The van der Waals surface area contributed by atoms with E-state index in [1.54, 1.807) is 43.6 Å². The van der Waals surface area contributed by atoms with Crippen molar-refractivity contribution in [3.8, 4) is 22.9 Å². The van der Waals surface area contributed by atoms with Crippen molar-refractivity contribution in [1.82, 2.24) is 20.0 Å². The molecule has 0 saturated heterocycles. The monoisotopic (exact) mass is 382 g/mol. The number of carbonyl (C=O) groups excluding carboxylic acids is 1. The number of hydrogen-bond donors (Lipinski definition) is 0. The van der Waals surface area contributed by atoms with Crippen molar-refractivity contribution in [2.24, 2.45) is 0 Å². The fourth-order valence-electron chi connectivity index (χ4n) is 2.53. The van der Waals surface area contributed by atoms with Crippen LogP contribution in [0.15, 0.2) is 53.3 Å². The number of aromatic nitrogens is 3. The van der Waals surface area contributed by atoms with Crippen molar-refractivity contribution in [3.63, 3.8) is 0 Å². The van der Waals surface area contributed by atoms with Crippen LogP contribution in [0.5, 0.6) is 11.5 Å². The van der Waals surface area contributed by atoms with Crippen molar-refractivity contribution < 1.29 is 18.8 Å². The third-order valence-electron chi connectivity index (χ3n) is 4.14. The third-order valence-corrected chi connectivity index (χ3v) is 4.14. The highest BCUT2D eigenvalue weighted by Crippen LogP contribution is 2.25. The lowest BCUT2D eigenvalue weighted by Crippen LogP contribution is -2.31. The molecule has 3 rings (SSSR count). The largest absolute Gasteiger partial charge is 0.493 e. The molecule has 0 aliphatic heterocycles. The van der Waals surface area contributed by atoms with E-state index < -0.39 is 0 Å². The zero-order chi connectivity index (χ0) is 19.8. The van der Waals surface area contributed by atoms with Crippen LogP contribution in [-0.4, -0.2) is 53.2 Å². The molecule has 0 aliphatic rings. The number of rotatable bonds is 9. The molecule has 0 saturated carbocycles. The summed E-state index contributed by atoms with van der Waals surface area (Å²) in [5, 5.41) is 3.94. The van der Waals surface area contributed by atoms with Crippen LogP contribution in [0.25, 0.3) is 11.4 Å². The molecule has 8 heteroatoms. The Morgan fingerprint density at radius 3 is 2.64 bits per heavy atom. The first-order chi connectivity index (χ1) is 13.7. The number of methoxy groups -OCH3 is 1. The Labute approximate surface area is 163 Å². The van der Waals surface area contributed by atoms with E-state index in [-0.39, 0.29) is 12.3 Å². The van der Waals surface area contributed by atoms with E-state index in [0.717, 1.165) is 5.56 Å². The van der Waals surface area contributed by atoms with Crippen LogP contribution in [0, 0.1) is 0 Å². The number of likely N-dealkylation sites (N-methyl/N-ethyl adjacent to an activating group) is 1. The smallest absolute Gasteiger partial charge is 0.227 e. The maximum Gasteiger partial charge on any atom is 0.227 e. The molecule has 0 spiro atoms. The summed E-state index contributed by atoms with van der Waals surface area (Å²) in [7, 11) is 3.33. The van der Waals surface area contributed by atoms with Crippen LogP contribution in [0.1, 0.15) is 12.3 Å². The fourth-order valence-corrected chi connectivity index (χ4v) is 2.53. The number of para-hydroxylation sites is 2. The standard InChI is InChI=1S/C20H22N4O4/c1-24(13-14-27-17-6-4-3-5-16(17)26-2)19(25)8-7-18-22-20(23-28-18)15-9-11-21-12-10-15/h3-6,9-12H,7-8,13-14H2,1-2H3. The van der Waals surface area contributed by atoms with Gasteiger partial charge in [-0.15, -0.1) is 0 Å². The van der Waals surface area contributed by atoms with Gasteiger partial charge in [0.05, 0.1) is 13.7 Å². The number of pyridine rings is 1. The number of carbonyl (C=O) groups is 1. The number of nitrogens with zero attached hydrogens (tertiary/aromatic N) is 4. The van der Waals surface area contributed by atoms with Gasteiger partial charge in [-0.1, -0.05) is 17.3 Å². The van der Waals surface area contributed by atoms with Gasteiger partial charge in [-0.25, -0.2) is 0 Å². The Kier molecular flexibility index (Phi) is 6.56. The Morgan fingerprint density at radius 1 is 1.14 bits per heavy atom. The highest BCUT2D eigenvalue weighted by Gasteiger charge is 2.13. The molecule has 1 aromatic carbocycles. The zero-order valence-electron chi connectivity index (χ0n) is 15.9. The van der Waals surface area contributed by atoms with Gasteiger partial charge in [-0.2, -0.15) is 4.98 Å². The highest BCUT2D eigenvalue weighted by molar-refractivity contribution is 5.76. The molecular weight excluding hydrogens is 360 g/mol. The summed E-state index contributed by atoms with van der Waals surface area (Å²) in [5.74, 6) is 2.22. The van der Waals surface area contributed by atoms with Gasteiger partial charge in [-0.05, 0) is 24.3 Å². The average Bonchev–Trinajstić information content (AvgIpc) is 3.22. The minimum absolute atomic E-state index is 0.0210. The van der Waals surface area contributed by atoms with Crippen LogP contribution in [-0.2, 0) is 11.2 Å². The van der Waals surface area contributed by atoms with Crippen molar-refractivity contribution in [3.05, 3.63) is 54.7 Å². The van der Waals surface area contributed by atoms with Gasteiger partial charge in [0.15, 0.2) is 11.5 Å². The van der Waals surface area contributed by atoms with E-state index in [0.29, 0.717) is 42.8 Å². The minimum Gasteiger partial charge on any atom is -0.493 e. The molecule has 2 heterocycles. The van der Waals surface area contributed by atoms with Gasteiger partial charge in [-0.3, -0.25) is 9.78 Å². The van der Waals surface area contributed by atoms with Crippen LogP contribution in [0.3, 0.4) is 0 Å². The van der Waals surface area contributed by atoms with Crippen molar-refractivity contribution in [2.75, 3.05) is 27.3 Å². The van der Waals surface area contributed by atoms with E-state index in [4.69, 9.17) is 14.0 Å². The normalized spacial score (nSPS) is 10.5. The number of amides is 1. The summed E-state index contributed by atoms with van der Waals surface area (Å²) >= 11 is 0. The molecule has 0 fully saturated rings. The molecule has 0 unspecified atom stereocenters. The van der Waals surface area contributed by atoms with Gasteiger partial charge in [0.25, 0.3) is 0 Å². The molecule has 28 heavy (non-hydrogen) atoms. The molecule has 0 atom stereocenters. The summed E-state index contributed by atoms with van der Waals surface area (Å²) in [6.07, 6.45) is 3.99. The van der Waals surface area contributed by atoms with Crippen molar-refractivity contribution in [1.29, 1.82) is 0 Å². The molecule has 0 radical (unpaired) electrons. The number of benzene rings is 1. The lowest BCUT2D eigenvalue weighted by molar-refractivity contribution is -0.130. The first kappa shape index (κ1) is 19.3. The summed E-state index contributed by atoms with van der Waals surface area (Å²) in [6.45, 7) is 0.832. The summed E-state index contributed by atoms with van der Waals surface area (Å²) in [6, 6.07) is 11.0. The SMILES string of the molecule is COc1ccccc1OCCN(C)C(=O)CCc1nc(-c2ccncc2)no1. The Bertz CT molecular complexity index is 898. The van der Waals surface area contributed by atoms with E-state index in [2.05, 4.69) is 15.1 Å². The topological polar surface area (TPSA) is 90.6 Å². The second kappa shape index (κ2) is 9.50. The van der Waals surface area contributed by atoms with Gasteiger partial charge >= 0.3 is 0 Å². The second-order valence-electron chi connectivity index (χ2n) is 6.06. The number of hydrogen-bond acceptors (Lipinski definition) is 7. The van der Waals surface area contributed by atoms with E-state index in [9.17, 15) is 4.79 Å². The average molecular weight is 382 g/mol. The Balaban J connectivity index is 1.44. The first-order valence-corrected chi connectivity index (χ1v) is 8.90. The van der Waals surface area contributed by atoms with Gasteiger partial charge in [0.1, 0.15) is 6.61 Å². The minimum atomic E-state index is -0.0210. The predicted octanol–water partition coefficient (Wildman–Crippen LogP) is 2.61. The molecule has 0 bridgehead atoms. The van der Waals surface area contributed by atoms with Gasteiger partial charge in [0.2, 0.25) is 17.6 Å². The maximum atomic E-state index is 12.3. The van der Waals surface area contributed by atoms with Crippen LogP contribution < -0.4 is 9.47 Å². The van der Waals surface area contributed by atoms with E-state index in [1.165, 1.54) is 0 Å². The van der Waals surface area contributed by atoms with Crippen LogP contribution >= 0.6 is 0 Å². The molecule has 1 amide bonds. The van der Waals surface area contributed by atoms with Crippen molar-refractivity contribution >= 4 is 5.91 Å². The summed E-state index contributed by atoms with van der Waals surface area (Å²) < 4.78 is 16.2. The zero-order valence-corrected chi connectivity index (χ0v) is 15.9.